The van der Waals surface area contributed by atoms with Crippen LogP contribution < -0.4 is 10.2 Å². The van der Waals surface area contributed by atoms with E-state index in [2.05, 4.69) is 60.2 Å². The van der Waals surface area contributed by atoms with Crippen molar-refractivity contribution < 1.29 is 0 Å². The van der Waals surface area contributed by atoms with Gasteiger partial charge < -0.3 is 10.2 Å². The zero-order valence-corrected chi connectivity index (χ0v) is 14.6. The van der Waals surface area contributed by atoms with Crippen LogP contribution in [-0.4, -0.2) is 23.1 Å². The Labute approximate surface area is 139 Å². The van der Waals surface area contributed by atoms with E-state index in [1.807, 2.05) is 6.92 Å². The van der Waals surface area contributed by atoms with Gasteiger partial charge in [-0.3, -0.25) is 0 Å². The molecule has 1 aliphatic rings. The molecule has 23 heavy (non-hydrogen) atoms. The van der Waals surface area contributed by atoms with Gasteiger partial charge in [-0.05, 0) is 51.2 Å². The van der Waals surface area contributed by atoms with Crippen LogP contribution in [0.5, 0.6) is 0 Å². The molecule has 1 aromatic carbocycles. The molecular weight excluding hydrogens is 284 g/mol. The van der Waals surface area contributed by atoms with E-state index in [4.69, 9.17) is 4.98 Å². The Kier molecular flexibility index (Phi) is 4.51. The van der Waals surface area contributed by atoms with Crippen molar-refractivity contribution in [3.05, 3.63) is 41.1 Å². The Morgan fingerprint density at radius 3 is 2.70 bits per heavy atom. The molecular formula is C19H26N4. The predicted molar refractivity (Wildman–Crippen MR) is 96.6 cm³/mol. The van der Waals surface area contributed by atoms with Gasteiger partial charge >= 0.3 is 0 Å². The topological polar surface area (TPSA) is 41.1 Å². The van der Waals surface area contributed by atoms with E-state index < -0.39 is 0 Å². The summed E-state index contributed by atoms with van der Waals surface area (Å²) in [5.41, 5.74) is 4.55. The fourth-order valence-electron chi connectivity index (χ4n) is 3.24. The van der Waals surface area contributed by atoms with Crippen molar-refractivity contribution >= 4 is 17.5 Å². The number of aromatic nitrogens is 2. The maximum absolute atomic E-state index is 4.75. The van der Waals surface area contributed by atoms with Crippen LogP contribution in [0.1, 0.15) is 36.6 Å². The molecule has 4 heteroatoms. The van der Waals surface area contributed by atoms with E-state index in [9.17, 15) is 0 Å². The number of hydrogen-bond acceptors (Lipinski definition) is 4. The first-order valence-electron chi connectivity index (χ1n) is 8.46. The fraction of sp³-hybridized carbons (Fsp3) is 0.474. The molecule has 1 unspecified atom stereocenters. The minimum absolute atomic E-state index is 0.685. The average molecular weight is 310 g/mol. The molecule has 1 fully saturated rings. The quantitative estimate of drug-likeness (QED) is 0.913. The van der Waals surface area contributed by atoms with Gasteiger partial charge in [-0.25, -0.2) is 4.98 Å². The normalized spacial score (nSPS) is 18.1. The fourth-order valence-corrected chi connectivity index (χ4v) is 3.24. The van der Waals surface area contributed by atoms with Crippen LogP contribution in [0.2, 0.25) is 0 Å². The molecule has 0 bridgehead atoms. The van der Waals surface area contributed by atoms with E-state index in [0.29, 0.717) is 5.95 Å². The Hall–Kier alpha value is -2.10. The second-order valence-electron chi connectivity index (χ2n) is 6.83. The number of benzene rings is 1. The predicted octanol–water partition coefficient (Wildman–Crippen LogP) is 4.38. The first kappa shape index (κ1) is 15.8. The standard InChI is InChI=1S/C19H26N4/c1-13-7-8-17(15(3)10-13)21-19-20-16(4)11-18(22-19)23-9-5-6-14(2)12-23/h7-8,10-11,14H,5-6,9,12H2,1-4H3,(H,20,21,22). The van der Waals surface area contributed by atoms with Crippen molar-refractivity contribution in [1.29, 1.82) is 0 Å². The number of rotatable bonds is 3. The van der Waals surface area contributed by atoms with Crippen LogP contribution >= 0.6 is 0 Å². The Bertz CT molecular complexity index is 696. The summed E-state index contributed by atoms with van der Waals surface area (Å²) in [5.74, 6) is 2.45. The third-order valence-electron chi connectivity index (χ3n) is 4.45. The van der Waals surface area contributed by atoms with Crippen LogP contribution in [0.4, 0.5) is 17.5 Å². The maximum atomic E-state index is 4.75. The van der Waals surface area contributed by atoms with Gasteiger partial charge in [0.2, 0.25) is 5.95 Å². The average Bonchev–Trinajstić information content (AvgIpc) is 2.50. The van der Waals surface area contributed by atoms with Crippen molar-refractivity contribution in [2.45, 2.75) is 40.5 Å². The van der Waals surface area contributed by atoms with Crippen molar-refractivity contribution in [3.8, 4) is 0 Å². The number of nitrogens with one attached hydrogen (secondary N) is 1. The summed E-state index contributed by atoms with van der Waals surface area (Å²) in [7, 11) is 0. The summed E-state index contributed by atoms with van der Waals surface area (Å²) in [6.07, 6.45) is 2.55. The summed E-state index contributed by atoms with van der Waals surface area (Å²) >= 11 is 0. The van der Waals surface area contributed by atoms with Crippen LogP contribution in [-0.2, 0) is 0 Å². The molecule has 0 radical (unpaired) electrons. The van der Waals surface area contributed by atoms with Gasteiger partial charge in [0, 0.05) is 30.5 Å². The molecule has 0 aliphatic carbocycles. The summed E-state index contributed by atoms with van der Waals surface area (Å²) in [4.78, 5) is 11.7. The molecule has 4 nitrogen and oxygen atoms in total. The molecule has 1 aromatic heterocycles. The molecule has 1 atom stereocenters. The van der Waals surface area contributed by atoms with Crippen molar-refractivity contribution in [1.82, 2.24) is 9.97 Å². The minimum atomic E-state index is 0.685. The van der Waals surface area contributed by atoms with Crippen LogP contribution in [0, 0.1) is 26.7 Å². The second kappa shape index (κ2) is 6.57. The molecule has 1 aliphatic heterocycles. The SMILES string of the molecule is Cc1ccc(Nc2nc(C)cc(N3CCCC(C)C3)n2)c(C)c1. The lowest BCUT2D eigenvalue weighted by Crippen LogP contribution is -2.35. The van der Waals surface area contributed by atoms with Crippen molar-refractivity contribution in [2.24, 2.45) is 5.92 Å². The zero-order valence-electron chi connectivity index (χ0n) is 14.6. The Balaban J connectivity index is 1.85. The molecule has 2 aromatic rings. The third kappa shape index (κ3) is 3.81. The molecule has 3 rings (SSSR count). The van der Waals surface area contributed by atoms with E-state index >= 15 is 0 Å². The lowest BCUT2D eigenvalue weighted by Gasteiger charge is -2.32. The monoisotopic (exact) mass is 310 g/mol. The van der Waals surface area contributed by atoms with Gasteiger partial charge in [-0.1, -0.05) is 24.6 Å². The van der Waals surface area contributed by atoms with E-state index in [1.165, 1.54) is 24.0 Å². The number of piperidine rings is 1. The van der Waals surface area contributed by atoms with E-state index in [1.54, 1.807) is 0 Å². The lowest BCUT2D eigenvalue weighted by atomic mass is 10.0. The highest BCUT2D eigenvalue weighted by molar-refractivity contribution is 5.60. The number of anilines is 3. The van der Waals surface area contributed by atoms with Gasteiger partial charge in [-0.15, -0.1) is 0 Å². The molecule has 0 saturated carbocycles. The first-order chi connectivity index (χ1) is 11.0. The lowest BCUT2D eigenvalue weighted by molar-refractivity contribution is 0.444. The van der Waals surface area contributed by atoms with Gasteiger partial charge in [0.25, 0.3) is 0 Å². The van der Waals surface area contributed by atoms with Gasteiger partial charge in [0.15, 0.2) is 0 Å². The maximum Gasteiger partial charge on any atom is 0.229 e. The third-order valence-corrected chi connectivity index (χ3v) is 4.45. The van der Waals surface area contributed by atoms with Crippen molar-refractivity contribution in [3.63, 3.8) is 0 Å². The summed E-state index contributed by atoms with van der Waals surface area (Å²) < 4.78 is 0. The largest absolute Gasteiger partial charge is 0.356 e. The van der Waals surface area contributed by atoms with Gasteiger partial charge in [-0.2, -0.15) is 4.98 Å². The first-order valence-corrected chi connectivity index (χ1v) is 8.46. The molecule has 0 amide bonds. The summed E-state index contributed by atoms with van der Waals surface area (Å²) in [5, 5.41) is 3.38. The minimum Gasteiger partial charge on any atom is -0.356 e. The zero-order chi connectivity index (χ0) is 16.4. The Morgan fingerprint density at radius 1 is 1.13 bits per heavy atom. The second-order valence-corrected chi connectivity index (χ2v) is 6.83. The van der Waals surface area contributed by atoms with Crippen LogP contribution in [0.15, 0.2) is 24.3 Å². The molecule has 2 heterocycles. The van der Waals surface area contributed by atoms with E-state index in [0.717, 1.165) is 36.2 Å². The number of aryl methyl sites for hydroxylation is 3. The molecule has 0 spiro atoms. The summed E-state index contributed by atoms with van der Waals surface area (Å²) in [6.45, 7) is 10.7. The van der Waals surface area contributed by atoms with Crippen LogP contribution in [0.25, 0.3) is 0 Å². The van der Waals surface area contributed by atoms with Crippen molar-refractivity contribution in [2.75, 3.05) is 23.3 Å². The smallest absolute Gasteiger partial charge is 0.229 e. The van der Waals surface area contributed by atoms with Crippen LogP contribution in [0.3, 0.4) is 0 Å². The molecule has 1 N–H and O–H groups in total. The number of nitrogens with zero attached hydrogens (tertiary/aromatic N) is 3. The highest BCUT2D eigenvalue weighted by Gasteiger charge is 2.18. The van der Waals surface area contributed by atoms with Gasteiger partial charge in [0.05, 0.1) is 0 Å². The summed E-state index contributed by atoms with van der Waals surface area (Å²) in [6, 6.07) is 8.47. The van der Waals surface area contributed by atoms with Gasteiger partial charge in [0.1, 0.15) is 5.82 Å². The molecule has 122 valence electrons. The highest BCUT2D eigenvalue weighted by atomic mass is 15.2. The molecule has 1 saturated heterocycles. The Morgan fingerprint density at radius 2 is 1.96 bits per heavy atom. The van der Waals surface area contributed by atoms with E-state index in [-0.39, 0.29) is 0 Å². The number of hydrogen-bond donors (Lipinski definition) is 1. The highest BCUT2D eigenvalue weighted by Crippen LogP contribution is 2.25.